The second-order valence-electron chi connectivity index (χ2n) is 5.12. The van der Waals surface area contributed by atoms with Crippen LogP contribution >= 0.6 is 15.9 Å². The van der Waals surface area contributed by atoms with Crippen molar-refractivity contribution in [2.45, 2.75) is 6.92 Å². The van der Waals surface area contributed by atoms with Crippen LogP contribution in [-0.4, -0.2) is 19.1 Å². The van der Waals surface area contributed by atoms with E-state index in [0.717, 1.165) is 15.7 Å². The smallest absolute Gasteiger partial charge is 0.243 e. The number of halogens is 1. The van der Waals surface area contributed by atoms with Crippen LogP contribution < -0.4 is 15.4 Å². The largest absolute Gasteiger partial charge is 0.487 e. The van der Waals surface area contributed by atoms with E-state index in [1.807, 2.05) is 55.5 Å². The Morgan fingerprint density at radius 3 is 2.48 bits per heavy atom. The van der Waals surface area contributed by atoms with Crippen molar-refractivity contribution in [1.29, 1.82) is 0 Å². The molecule has 23 heavy (non-hydrogen) atoms. The van der Waals surface area contributed by atoms with Crippen LogP contribution in [0.3, 0.4) is 0 Å². The first-order valence-corrected chi connectivity index (χ1v) is 8.00. The molecule has 0 aromatic heterocycles. The van der Waals surface area contributed by atoms with Gasteiger partial charge in [0.15, 0.2) is 0 Å². The molecule has 0 aliphatic heterocycles. The summed E-state index contributed by atoms with van der Waals surface area (Å²) in [7, 11) is 0. The van der Waals surface area contributed by atoms with Crippen molar-refractivity contribution in [1.82, 2.24) is 0 Å². The van der Waals surface area contributed by atoms with E-state index < -0.39 is 0 Å². The highest BCUT2D eigenvalue weighted by molar-refractivity contribution is 9.10. The Balaban J connectivity index is 1.95. The lowest BCUT2D eigenvalue weighted by molar-refractivity contribution is -0.114. The average molecular weight is 375 g/mol. The normalized spacial score (nSPS) is 10.0. The number of carbonyl (C=O) groups excluding carboxylic acids is 1. The van der Waals surface area contributed by atoms with Crippen LogP contribution in [0.25, 0.3) is 0 Å². The fraction of sp³-hybridized carbons (Fsp3) is 0.167. The summed E-state index contributed by atoms with van der Waals surface area (Å²) in [6.07, 6.45) is 0. The molecule has 0 fully saturated rings. The Bertz CT molecular complexity index is 701. The second kappa shape index (κ2) is 8.39. The zero-order chi connectivity index (χ0) is 16.7. The van der Waals surface area contributed by atoms with E-state index in [1.165, 1.54) is 0 Å². The van der Waals surface area contributed by atoms with E-state index in [4.69, 9.17) is 4.74 Å². The molecule has 1 amide bonds. The topological polar surface area (TPSA) is 50.4 Å². The first kappa shape index (κ1) is 17.1. The van der Waals surface area contributed by atoms with Gasteiger partial charge in [-0.15, -0.1) is 0 Å². The first-order valence-electron chi connectivity index (χ1n) is 7.20. The molecule has 0 unspecified atom stereocenters. The molecule has 0 saturated heterocycles. The van der Waals surface area contributed by atoms with Gasteiger partial charge in [0.25, 0.3) is 0 Å². The Morgan fingerprint density at radius 2 is 1.78 bits per heavy atom. The molecule has 0 bridgehead atoms. The van der Waals surface area contributed by atoms with E-state index in [0.29, 0.717) is 18.0 Å². The fourth-order valence-electron chi connectivity index (χ4n) is 1.87. The standard InChI is InChI=1S/C18H19BrN2O2/c1-13(2)12-23-17-10-6-5-9-16(17)21-18(22)11-20-15-8-4-3-7-14(15)19/h3-10,20H,1,11-12H2,2H3,(H,21,22). The van der Waals surface area contributed by atoms with Gasteiger partial charge >= 0.3 is 0 Å². The third-order valence-electron chi connectivity index (χ3n) is 2.95. The van der Waals surface area contributed by atoms with Crippen molar-refractivity contribution in [3.63, 3.8) is 0 Å². The molecular formula is C18H19BrN2O2. The van der Waals surface area contributed by atoms with Crippen molar-refractivity contribution in [2.75, 3.05) is 23.8 Å². The second-order valence-corrected chi connectivity index (χ2v) is 5.98. The van der Waals surface area contributed by atoms with Crippen LogP contribution in [0.15, 0.2) is 65.2 Å². The van der Waals surface area contributed by atoms with Gasteiger partial charge in [-0.2, -0.15) is 0 Å². The van der Waals surface area contributed by atoms with E-state index in [2.05, 4.69) is 33.1 Å². The Morgan fingerprint density at radius 1 is 1.13 bits per heavy atom. The van der Waals surface area contributed by atoms with Crippen molar-refractivity contribution in [2.24, 2.45) is 0 Å². The summed E-state index contributed by atoms with van der Waals surface area (Å²) in [6.45, 7) is 6.28. The minimum Gasteiger partial charge on any atom is -0.487 e. The summed E-state index contributed by atoms with van der Waals surface area (Å²) < 4.78 is 6.55. The van der Waals surface area contributed by atoms with Gasteiger partial charge in [0.2, 0.25) is 5.91 Å². The number of anilines is 2. The summed E-state index contributed by atoms with van der Waals surface area (Å²) >= 11 is 3.44. The van der Waals surface area contributed by atoms with Gasteiger partial charge in [0.05, 0.1) is 12.2 Å². The van der Waals surface area contributed by atoms with Gasteiger partial charge in [0, 0.05) is 10.2 Å². The van der Waals surface area contributed by atoms with Gasteiger partial charge < -0.3 is 15.4 Å². The van der Waals surface area contributed by atoms with Gasteiger partial charge in [0.1, 0.15) is 12.4 Å². The molecule has 5 heteroatoms. The number of hydrogen-bond acceptors (Lipinski definition) is 3. The van der Waals surface area contributed by atoms with E-state index in [9.17, 15) is 4.79 Å². The SMILES string of the molecule is C=C(C)COc1ccccc1NC(=O)CNc1ccccc1Br. The molecular weight excluding hydrogens is 356 g/mol. The minimum atomic E-state index is -0.146. The molecule has 2 N–H and O–H groups in total. The van der Waals surface area contributed by atoms with E-state index >= 15 is 0 Å². The highest BCUT2D eigenvalue weighted by Crippen LogP contribution is 2.24. The molecule has 2 aromatic carbocycles. The zero-order valence-corrected chi connectivity index (χ0v) is 14.5. The molecule has 0 heterocycles. The van der Waals surface area contributed by atoms with Crippen LogP contribution in [0.4, 0.5) is 11.4 Å². The number of para-hydroxylation sites is 3. The first-order chi connectivity index (χ1) is 11.1. The molecule has 2 rings (SSSR count). The van der Waals surface area contributed by atoms with Crippen LogP contribution in [0, 0.1) is 0 Å². The Hall–Kier alpha value is -2.27. The van der Waals surface area contributed by atoms with Crippen molar-refractivity contribution in [3.8, 4) is 5.75 Å². The summed E-state index contributed by atoms with van der Waals surface area (Å²) in [5.41, 5.74) is 2.43. The number of nitrogens with one attached hydrogen (secondary N) is 2. The predicted octanol–water partition coefficient (Wildman–Crippen LogP) is 4.45. The molecule has 0 saturated carbocycles. The van der Waals surface area contributed by atoms with Crippen LogP contribution in [0.5, 0.6) is 5.75 Å². The van der Waals surface area contributed by atoms with Gasteiger partial charge in [-0.3, -0.25) is 4.79 Å². The number of rotatable bonds is 7. The summed E-state index contributed by atoms with van der Waals surface area (Å²) in [4.78, 5) is 12.1. The lowest BCUT2D eigenvalue weighted by Gasteiger charge is -2.13. The van der Waals surface area contributed by atoms with Crippen LogP contribution in [-0.2, 0) is 4.79 Å². The molecule has 2 aromatic rings. The van der Waals surface area contributed by atoms with Crippen molar-refractivity contribution < 1.29 is 9.53 Å². The van der Waals surface area contributed by atoms with Gasteiger partial charge in [-0.05, 0) is 52.7 Å². The Labute approximate surface area is 144 Å². The number of carbonyl (C=O) groups is 1. The molecule has 0 spiro atoms. The lowest BCUT2D eigenvalue weighted by Crippen LogP contribution is -2.22. The quantitative estimate of drug-likeness (QED) is 0.703. The van der Waals surface area contributed by atoms with Crippen LogP contribution in [0.2, 0.25) is 0 Å². The van der Waals surface area contributed by atoms with E-state index in [-0.39, 0.29) is 12.5 Å². The third kappa shape index (κ3) is 5.45. The monoisotopic (exact) mass is 374 g/mol. The molecule has 120 valence electrons. The van der Waals surface area contributed by atoms with Crippen LogP contribution in [0.1, 0.15) is 6.92 Å². The number of hydrogen-bond donors (Lipinski definition) is 2. The summed E-state index contributed by atoms with van der Waals surface area (Å²) in [5, 5.41) is 5.94. The van der Waals surface area contributed by atoms with E-state index in [1.54, 1.807) is 0 Å². The number of ether oxygens (including phenoxy) is 1. The van der Waals surface area contributed by atoms with Gasteiger partial charge in [-0.1, -0.05) is 30.8 Å². The van der Waals surface area contributed by atoms with Gasteiger partial charge in [-0.25, -0.2) is 0 Å². The molecule has 0 radical (unpaired) electrons. The maximum atomic E-state index is 12.1. The maximum absolute atomic E-state index is 12.1. The third-order valence-corrected chi connectivity index (χ3v) is 3.64. The molecule has 0 atom stereocenters. The summed E-state index contributed by atoms with van der Waals surface area (Å²) in [5.74, 6) is 0.483. The summed E-state index contributed by atoms with van der Waals surface area (Å²) in [6, 6.07) is 15.0. The fourth-order valence-corrected chi connectivity index (χ4v) is 2.30. The highest BCUT2D eigenvalue weighted by Gasteiger charge is 2.08. The van der Waals surface area contributed by atoms with Crippen molar-refractivity contribution in [3.05, 3.63) is 65.2 Å². The Kier molecular flexibility index (Phi) is 6.23. The lowest BCUT2D eigenvalue weighted by atomic mass is 10.3. The molecule has 0 aliphatic rings. The highest BCUT2D eigenvalue weighted by atomic mass is 79.9. The molecule has 4 nitrogen and oxygen atoms in total. The number of benzene rings is 2. The van der Waals surface area contributed by atoms with Crippen molar-refractivity contribution >= 4 is 33.2 Å². The number of amides is 1. The zero-order valence-electron chi connectivity index (χ0n) is 12.9. The average Bonchev–Trinajstić information content (AvgIpc) is 2.53. The minimum absolute atomic E-state index is 0.146. The predicted molar refractivity (Wildman–Crippen MR) is 98.0 cm³/mol. The maximum Gasteiger partial charge on any atom is 0.243 e. The molecule has 0 aliphatic carbocycles.